The van der Waals surface area contributed by atoms with E-state index in [9.17, 15) is 4.39 Å². The van der Waals surface area contributed by atoms with Crippen LogP contribution in [-0.2, 0) is 0 Å². The first-order valence-electron chi connectivity index (χ1n) is 6.76. The highest BCUT2D eigenvalue weighted by atomic mass is 19.1. The Morgan fingerprint density at radius 2 is 2.06 bits per heavy atom. The fourth-order valence-corrected chi connectivity index (χ4v) is 2.54. The number of nitrogens with two attached hydrogens (primary N) is 1. The van der Waals surface area contributed by atoms with Crippen molar-refractivity contribution in [2.75, 3.05) is 6.61 Å². The highest BCUT2D eigenvalue weighted by molar-refractivity contribution is 5.39. The molecule has 100 valence electrons. The zero-order valence-corrected chi connectivity index (χ0v) is 11.2. The van der Waals surface area contributed by atoms with Crippen molar-refractivity contribution in [3.05, 3.63) is 29.1 Å². The predicted octanol–water partition coefficient (Wildman–Crippen LogP) is 3.72. The minimum atomic E-state index is -0.212. The number of halogens is 1. The third-order valence-corrected chi connectivity index (χ3v) is 3.73. The lowest BCUT2D eigenvalue weighted by molar-refractivity contribution is 0.248. The lowest BCUT2D eigenvalue weighted by Gasteiger charge is -2.17. The molecule has 0 spiro atoms. The summed E-state index contributed by atoms with van der Waals surface area (Å²) in [6.07, 6.45) is 5.09. The molecular weight excluding hydrogens is 229 g/mol. The summed E-state index contributed by atoms with van der Waals surface area (Å²) in [6.45, 7) is 4.33. The molecule has 1 aromatic carbocycles. The van der Waals surface area contributed by atoms with Crippen LogP contribution >= 0.6 is 0 Å². The van der Waals surface area contributed by atoms with Gasteiger partial charge in [-0.1, -0.05) is 12.8 Å². The average molecular weight is 251 g/mol. The summed E-state index contributed by atoms with van der Waals surface area (Å²) in [5.41, 5.74) is 7.24. The molecule has 1 aliphatic carbocycles. The van der Waals surface area contributed by atoms with Crippen molar-refractivity contribution in [3.8, 4) is 5.75 Å². The molecule has 0 unspecified atom stereocenters. The zero-order valence-electron chi connectivity index (χ0n) is 11.2. The first-order valence-corrected chi connectivity index (χ1v) is 6.76. The Hall–Kier alpha value is -1.09. The Balaban J connectivity index is 2.12. The van der Waals surface area contributed by atoms with Crippen molar-refractivity contribution in [2.45, 2.75) is 45.6 Å². The number of benzene rings is 1. The van der Waals surface area contributed by atoms with Gasteiger partial charge in [0.2, 0.25) is 0 Å². The van der Waals surface area contributed by atoms with E-state index in [-0.39, 0.29) is 11.9 Å². The van der Waals surface area contributed by atoms with Gasteiger partial charge in [0.1, 0.15) is 11.6 Å². The summed E-state index contributed by atoms with van der Waals surface area (Å²) in [5, 5.41) is 0. The van der Waals surface area contributed by atoms with Crippen LogP contribution in [0.3, 0.4) is 0 Å². The topological polar surface area (TPSA) is 35.2 Å². The minimum Gasteiger partial charge on any atom is -0.493 e. The third kappa shape index (κ3) is 3.02. The highest BCUT2D eigenvalue weighted by Crippen LogP contribution is 2.30. The van der Waals surface area contributed by atoms with Crippen LogP contribution in [0.2, 0.25) is 0 Å². The van der Waals surface area contributed by atoms with Gasteiger partial charge in [-0.25, -0.2) is 4.39 Å². The molecule has 0 radical (unpaired) electrons. The number of rotatable bonds is 4. The zero-order chi connectivity index (χ0) is 13.1. The third-order valence-electron chi connectivity index (χ3n) is 3.73. The van der Waals surface area contributed by atoms with Gasteiger partial charge < -0.3 is 10.5 Å². The molecule has 18 heavy (non-hydrogen) atoms. The largest absolute Gasteiger partial charge is 0.493 e. The van der Waals surface area contributed by atoms with Crippen molar-refractivity contribution in [3.63, 3.8) is 0 Å². The second-order valence-electron chi connectivity index (χ2n) is 5.39. The van der Waals surface area contributed by atoms with E-state index in [0.29, 0.717) is 11.5 Å². The number of ether oxygens (including phenoxy) is 1. The summed E-state index contributed by atoms with van der Waals surface area (Å²) in [4.78, 5) is 0. The van der Waals surface area contributed by atoms with E-state index in [1.807, 2.05) is 6.92 Å². The first kappa shape index (κ1) is 13.3. The fourth-order valence-electron chi connectivity index (χ4n) is 2.54. The van der Waals surface area contributed by atoms with Gasteiger partial charge in [-0.05, 0) is 50.3 Å². The Morgan fingerprint density at radius 3 is 2.67 bits per heavy atom. The molecule has 3 heteroatoms. The number of hydrogen-bond donors (Lipinski definition) is 1. The van der Waals surface area contributed by atoms with Gasteiger partial charge in [0, 0.05) is 11.6 Å². The lowest BCUT2D eigenvalue weighted by Crippen LogP contribution is -2.13. The number of aryl methyl sites for hydroxylation is 1. The van der Waals surface area contributed by atoms with E-state index in [1.165, 1.54) is 31.7 Å². The molecule has 1 atom stereocenters. The van der Waals surface area contributed by atoms with Gasteiger partial charge in [-0.3, -0.25) is 0 Å². The summed E-state index contributed by atoms with van der Waals surface area (Å²) in [7, 11) is 0. The molecule has 1 saturated carbocycles. The van der Waals surface area contributed by atoms with Crippen LogP contribution in [0.5, 0.6) is 5.75 Å². The van der Waals surface area contributed by atoms with E-state index >= 15 is 0 Å². The van der Waals surface area contributed by atoms with Crippen LogP contribution in [0.25, 0.3) is 0 Å². The molecule has 0 aliphatic heterocycles. The van der Waals surface area contributed by atoms with E-state index in [2.05, 4.69) is 0 Å². The molecule has 0 aromatic heterocycles. The van der Waals surface area contributed by atoms with E-state index in [0.717, 1.165) is 17.9 Å². The molecule has 0 saturated heterocycles. The smallest absolute Gasteiger partial charge is 0.126 e. The van der Waals surface area contributed by atoms with Crippen LogP contribution in [0.1, 0.15) is 49.8 Å². The van der Waals surface area contributed by atoms with Gasteiger partial charge in [0.05, 0.1) is 6.61 Å². The van der Waals surface area contributed by atoms with Crippen molar-refractivity contribution in [1.29, 1.82) is 0 Å². The summed E-state index contributed by atoms with van der Waals surface area (Å²) in [5.74, 6) is 1.18. The molecular formula is C15H22FNO. The van der Waals surface area contributed by atoms with Crippen molar-refractivity contribution >= 4 is 0 Å². The minimum absolute atomic E-state index is 0.210. The fraction of sp³-hybridized carbons (Fsp3) is 0.600. The highest BCUT2D eigenvalue weighted by Gasteiger charge is 2.17. The molecule has 2 rings (SSSR count). The normalized spacial score (nSPS) is 18.0. The molecule has 0 heterocycles. The Bertz CT molecular complexity index is 411. The molecule has 1 fully saturated rings. The molecule has 2 nitrogen and oxygen atoms in total. The van der Waals surface area contributed by atoms with Crippen molar-refractivity contribution < 1.29 is 9.13 Å². The first-order chi connectivity index (χ1) is 8.58. The molecule has 1 aromatic rings. The monoisotopic (exact) mass is 251 g/mol. The summed E-state index contributed by atoms with van der Waals surface area (Å²) >= 11 is 0. The van der Waals surface area contributed by atoms with E-state index in [1.54, 1.807) is 13.0 Å². The average Bonchev–Trinajstić information content (AvgIpc) is 2.83. The summed E-state index contributed by atoms with van der Waals surface area (Å²) < 4.78 is 19.4. The number of hydrogen-bond acceptors (Lipinski definition) is 2. The van der Waals surface area contributed by atoms with Crippen LogP contribution in [0.4, 0.5) is 4.39 Å². The SMILES string of the molecule is Cc1cc(OCC2CCCC2)c([C@@H](C)N)cc1F. The molecule has 0 amide bonds. The van der Waals surface area contributed by atoms with Gasteiger partial charge >= 0.3 is 0 Å². The van der Waals surface area contributed by atoms with E-state index < -0.39 is 0 Å². The predicted molar refractivity (Wildman–Crippen MR) is 71.2 cm³/mol. The van der Waals surface area contributed by atoms with Gasteiger partial charge in [0.25, 0.3) is 0 Å². The maximum absolute atomic E-state index is 13.5. The van der Waals surface area contributed by atoms with Gasteiger partial charge in [0.15, 0.2) is 0 Å². The van der Waals surface area contributed by atoms with Crippen LogP contribution < -0.4 is 10.5 Å². The van der Waals surface area contributed by atoms with Crippen molar-refractivity contribution in [1.82, 2.24) is 0 Å². The Labute approximate surface area is 108 Å². The molecule has 0 bridgehead atoms. The Kier molecular flexibility index (Phi) is 4.23. The maximum Gasteiger partial charge on any atom is 0.126 e. The lowest BCUT2D eigenvalue weighted by atomic mass is 10.0. The quantitative estimate of drug-likeness (QED) is 0.885. The molecule has 2 N–H and O–H groups in total. The van der Waals surface area contributed by atoms with Gasteiger partial charge in [-0.15, -0.1) is 0 Å². The van der Waals surface area contributed by atoms with Gasteiger partial charge in [-0.2, -0.15) is 0 Å². The second-order valence-corrected chi connectivity index (χ2v) is 5.39. The van der Waals surface area contributed by atoms with Crippen LogP contribution in [0, 0.1) is 18.7 Å². The molecule has 1 aliphatic rings. The van der Waals surface area contributed by atoms with Crippen molar-refractivity contribution in [2.24, 2.45) is 11.7 Å². The maximum atomic E-state index is 13.5. The van der Waals surface area contributed by atoms with E-state index in [4.69, 9.17) is 10.5 Å². The Morgan fingerprint density at radius 1 is 1.39 bits per heavy atom. The summed E-state index contributed by atoms with van der Waals surface area (Å²) in [6, 6.07) is 3.06. The van der Waals surface area contributed by atoms with Crippen LogP contribution in [-0.4, -0.2) is 6.61 Å². The standard InChI is InChI=1S/C15H22FNO/c1-10-7-15(13(11(2)17)8-14(10)16)18-9-12-5-3-4-6-12/h7-8,11-12H,3-6,9,17H2,1-2H3/t11-/m1/s1. The van der Waals surface area contributed by atoms with Crippen LogP contribution in [0.15, 0.2) is 12.1 Å². The second kappa shape index (κ2) is 5.70.